The minimum absolute atomic E-state index is 0.413. The molecule has 0 aliphatic heterocycles. The van der Waals surface area contributed by atoms with E-state index in [0.29, 0.717) is 17.8 Å². The molecule has 8 rings (SSSR count). The predicted molar refractivity (Wildman–Crippen MR) is 202 cm³/mol. The molecular formula is C45H45N2+. The molecule has 0 fully saturated rings. The van der Waals surface area contributed by atoms with Crippen LogP contribution in [0.25, 0.3) is 71.3 Å². The van der Waals surface area contributed by atoms with Crippen molar-refractivity contribution in [1.82, 2.24) is 4.40 Å². The van der Waals surface area contributed by atoms with Crippen LogP contribution in [0.1, 0.15) is 87.1 Å². The minimum Gasteiger partial charge on any atom is -0.307 e. The highest BCUT2D eigenvalue weighted by Crippen LogP contribution is 2.45. The molecule has 0 N–H and O–H groups in total. The zero-order valence-corrected chi connectivity index (χ0v) is 29.3. The Balaban J connectivity index is 1.61. The molecule has 2 nitrogen and oxygen atoms in total. The second-order valence-electron chi connectivity index (χ2n) is 14.8. The summed E-state index contributed by atoms with van der Waals surface area (Å²) in [4.78, 5) is 0. The molecular weight excluding hydrogens is 569 g/mol. The Bertz CT molecular complexity index is 2480. The van der Waals surface area contributed by atoms with E-state index < -0.39 is 0 Å². The van der Waals surface area contributed by atoms with Gasteiger partial charge in [0.1, 0.15) is 7.05 Å². The molecule has 0 amide bonds. The van der Waals surface area contributed by atoms with Crippen LogP contribution in [0.4, 0.5) is 0 Å². The molecule has 2 heteroatoms. The van der Waals surface area contributed by atoms with Crippen molar-refractivity contribution in [3.05, 3.63) is 119 Å². The van der Waals surface area contributed by atoms with E-state index in [2.05, 4.69) is 163 Å². The molecule has 0 atom stereocenters. The molecule has 47 heavy (non-hydrogen) atoms. The molecule has 0 saturated carbocycles. The van der Waals surface area contributed by atoms with Crippen LogP contribution in [0, 0.1) is 13.8 Å². The fourth-order valence-corrected chi connectivity index (χ4v) is 8.15. The molecule has 0 saturated heterocycles. The molecule has 8 aromatic rings. The Labute approximate surface area is 278 Å². The molecule has 0 aliphatic rings. The smallest absolute Gasteiger partial charge is 0.224 e. The Kier molecular flexibility index (Phi) is 6.74. The van der Waals surface area contributed by atoms with E-state index in [-0.39, 0.29) is 0 Å². The van der Waals surface area contributed by atoms with Crippen LogP contribution in [0.15, 0.2) is 91.1 Å². The maximum absolute atomic E-state index is 2.60. The van der Waals surface area contributed by atoms with Crippen LogP contribution in [0.3, 0.4) is 0 Å². The zero-order chi connectivity index (χ0) is 32.9. The molecule has 0 bridgehead atoms. The molecule has 5 aromatic carbocycles. The van der Waals surface area contributed by atoms with Crippen molar-refractivity contribution >= 4 is 49.0 Å². The number of hydrogen-bond acceptors (Lipinski definition) is 0. The van der Waals surface area contributed by atoms with Crippen LogP contribution in [0.5, 0.6) is 0 Å². The lowest BCUT2D eigenvalue weighted by molar-refractivity contribution is -0.643. The van der Waals surface area contributed by atoms with Crippen molar-refractivity contribution < 1.29 is 4.57 Å². The number of nitrogens with zero attached hydrogens (tertiary/aromatic N) is 2. The van der Waals surface area contributed by atoms with Gasteiger partial charge in [0, 0.05) is 16.8 Å². The van der Waals surface area contributed by atoms with Gasteiger partial charge in [-0.1, -0.05) is 96.1 Å². The fourth-order valence-electron chi connectivity index (χ4n) is 8.15. The third-order valence-corrected chi connectivity index (χ3v) is 10.8. The van der Waals surface area contributed by atoms with Crippen molar-refractivity contribution in [2.45, 2.75) is 73.1 Å². The highest BCUT2D eigenvalue weighted by atomic mass is 15.0. The topological polar surface area (TPSA) is 8.29 Å². The number of rotatable bonds is 5. The van der Waals surface area contributed by atoms with E-state index in [9.17, 15) is 0 Å². The maximum atomic E-state index is 2.60. The average molecular weight is 614 g/mol. The molecule has 0 spiro atoms. The standard InChI is InChI=1S/C45H45N2/c1-25(2)33-21-36(26(3)4)42(37(22-33)27(5)6)34-20-32-17-18-46(9)45-41-29(8)28(7)19-38-35-16-15-31(30-13-11-10-12-14-30)23-39(35)47(44(38)41)40(24-34)43(32)45/h10-27H,1-9H3/q+1. The van der Waals surface area contributed by atoms with Gasteiger partial charge in [-0.25, -0.2) is 4.57 Å². The van der Waals surface area contributed by atoms with E-state index >= 15 is 0 Å². The summed E-state index contributed by atoms with van der Waals surface area (Å²) < 4.78 is 4.95. The molecule has 0 unspecified atom stereocenters. The monoisotopic (exact) mass is 613 g/mol. The summed E-state index contributed by atoms with van der Waals surface area (Å²) in [6.45, 7) is 18.6. The normalized spacial score (nSPS) is 12.5. The SMILES string of the molecule is Cc1cc2c3ccc(-c4ccccc4)cc3n3c4cc(-c5c(C(C)C)cc(C(C)C)cc5C(C)C)cc5cc[n+](C)c(c(c1C)c23)c54. The number of aryl methyl sites for hydroxylation is 3. The van der Waals surface area contributed by atoms with E-state index in [4.69, 9.17) is 0 Å². The summed E-state index contributed by atoms with van der Waals surface area (Å²) in [6.07, 6.45) is 2.26. The summed E-state index contributed by atoms with van der Waals surface area (Å²) in [7, 11) is 2.21. The lowest BCUT2D eigenvalue weighted by atomic mass is 9.81. The number of hydrogen-bond donors (Lipinski definition) is 0. The Morgan fingerprint density at radius 3 is 1.94 bits per heavy atom. The molecule has 234 valence electrons. The van der Waals surface area contributed by atoms with Gasteiger partial charge in [0.15, 0.2) is 6.20 Å². The number of aromatic nitrogens is 2. The zero-order valence-electron chi connectivity index (χ0n) is 29.3. The molecule has 3 aromatic heterocycles. The van der Waals surface area contributed by atoms with Crippen molar-refractivity contribution in [2.24, 2.45) is 7.05 Å². The molecule has 3 heterocycles. The first-order chi connectivity index (χ1) is 22.5. The summed E-state index contributed by atoms with van der Waals surface area (Å²) in [6, 6.07) is 32.6. The van der Waals surface area contributed by atoms with Crippen molar-refractivity contribution in [1.29, 1.82) is 0 Å². The van der Waals surface area contributed by atoms with Gasteiger partial charge >= 0.3 is 0 Å². The van der Waals surface area contributed by atoms with Crippen LogP contribution >= 0.6 is 0 Å². The van der Waals surface area contributed by atoms with E-state index in [1.54, 1.807) is 0 Å². The van der Waals surface area contributed by atoms with Gasteiger partial charge in [-0.15, -0.1) is 0 Å². The van der Waals surface area contributed by atoms with Crippen molar-refractivity contribution in [3.63, 3.8) is 0 Å². The van der Waals surface area contributed by atoms with Crippen LogP contribution in [-0.4, -0.2) is 4.40 Å². The van der Waals surface area contributed by atoms with Crippen molar-refractivity contribution in [3.8, 4) is 22.3 Å². The number of fused-ring (bicyclic) bond motifs is 5. The quantitative estimate of drug-likeness (QED) is 0.104. The van der Waals surface area contributed by atoms with Gasteiger partial charge in [-0.3, -0.25) is 0 Å². The number of pyridine rings is 2. The van der Waals surface area contributed by atoms with Gasteiger partial charge < -0.3 is 4.40 Å². The van der Waals surface area contributed by atoms with Crippen LogP contribution < -0.4 is 4.57 Å². The predicted octanol–water partition coefficient (Wildman–Crippen LogP) is 12.1. The summed E-state index contributed by atoms with van der Waals surface area (Å²) >= 11 is 0. The molecule has 0 radical (unpaired) electrons. The lowest BCUT2D eigenvalue weighted by Crippen LogP contribution is -2.29. The number of benzene rings is 5. The Morgan fingerprint density at radius 1 is 0.596 bits per heavy atom. The van der Waals surface area contributed by atoms with E-state index in [1.807, 2.05) is 0 Å². The minimum atomic E-state index is 0.413. The van der Waals surface area contributed by atoms with Gasteiger partial charge in [-0.05, 0) is 111 Å². The van der Waals surface area contributed by atoms with Gasteiger partial charge in [-0.2, -0.15) is 0 Å². The Morgan fingerprint density at radius 2 is 1.28 bits per heavy atom. The van der Waals surface area contributed by atoms with Gasteiger partial charge in [0.25, 0.3) is 0 Å². The highest BCUT2D eigenvalue weighted by Gasteiger charge is 2.27. The third-order valence-electron chi connectivity index (χ3n) is 10.8. The highest BCUT2D eigenvalue weighted by molar-refractivity contribution is 6.26. The van der Waals surface area contributed by atoms with E-state index in [1.165, 1.54) is 99.1 Å². The van der Waals surface area contributed by atoms with Gasteiger partial charge in [0.2, 0.25) is 5.52 Å². The Hall–Kier alpha value is -4.69. The average Bonchev–Trinajstić information content (AvgIpc) is 3.38. The van der Waals surface area contributed by atoms with Crippen molar-refractivity contribution in [2.75, 3.05) is 0 Å². The molecule has 0 aliphatic carbocycles. The lowest BCUT2D eigenvalue weighted by Gasteiger charge is -2.24. The fraction of sp³-hybridized carbons (Fsp3) is 0.267. The first-order valence-corrected chi connectivity index (χ1v) is 17.3. The largest absolute Gasteiger partial charge is 0.307 e. The summed E-state index contributed by atoms with van der Waals surface area (Å²) in [5, 5.41) is 6.63. The first kappa shape index (κ1) is 29.7. The summed E-state index contributed by atoms with van der Waals surface area (Å²) in [5.74, 6) is 1.31. The van der Waals surface area contributed by atoms with Crippen LogP contribution in [-0.2, 0) is 7.05 Å². The second-order valence-corrected chi connectivity index (χ2v) is 14.8. The van der Waals surface area contributed by atoms with Gasteiger partial charge in [0.05, 0.1) is 27.3 Å². The third kappa shape index (κ3) is 4.34. The van der Waals surface area contributed by atoms with E-state index in [0.717, 1.165) is 0 Å². The maximum Gasteiger partial charge on any atom is 0.224 e. The second kappa shape index (κ2) is 10.7. The van der Waals surface area contributed by atoms with Crippen LogP contribution in [0.2, 0.25) is 0 Å². The summed E-state index contributed by atoms with van der Waals surface area (Å²) in [5.41, 5.74) is 17.4. The first-order valence-electron chi connectivity index (χ1n) is 17.3.